The van der Waals surface area contributed by atoms with Gasteiger partial charge in [-0.25, -0.2) is 9.97 Å². The molecule has 1 aliphatic carbocycles. The molecule has 1 saturated carbocycles. The predicted molar refractivity (Wildman–Crippen MR) is 123 cm³/mol. The van der Waals surface area contributed by atoms with Gasteiger partial charge in [0.05, 0.1) is 0 Å². The van der Waals surface area contributed by atoms with Gasteiger partial charge >= 0.3 is 0 Å². The minimum absolute atomic E-state index is 0.196. The number of likely N-dealkylation sites (tertiary alicyclic amines) is 2. The third-order valence-electron chi connectivity index (χ3n) is 8.34. The maximum atomic E-state index is 12.1. The highest BCUT2D eigenvalue weighted by molar-refractivity contribution is 5.83. The summed E-state index contributed by atoms with van der Waals surface area (Å²) in [6.45, 7) is 9.83. The number of rotatable bonds is 6. The monoisotopic (exact) mass is 425 g/mol. The molecule has 0 N–H and O–H groups in total. The Balaban J connectivity index is 1.10. The molecule has 2 atom stereocenters. The highest BCUT2D eigenvalue weighted by atomic mass is 16.1. The zero-order chi connectivity index (χ0) is 21.5. The van der Waals surface area contributed by atoms with E-state index in [2.05, 4.69) is 34.1 Å². The lowest BCUT2D eigenvalue weighted by Gasteiger charge is -2.41. The van der Waals surface area contributed by atoms with Crippen molar-refractivity contribution in [3.05, 3.63) is 18.0 Å². The van der Waals surface area contributed by atoms with E-state index in [0.29, 0.717) is 29.7 Å². The molecule has 6 heteroatoms. The second-order valence-corrected chi connectivity index (χ2v) is 11.0. The Kier molecular flexibility index (Phi) is 6.04. The summed E-state index contributed by atoms with van der Waals surface area (Å²) in [5, 5.41) is 0. The highest BCUT2D eigenvalue weighted by Crippen LogP contribution is 2.38. The molecule has 4 heterocycles. The summed E-state index contributed by atoms with van der Waals surface area (Å²) in [5.41, 5.74) is 1.32. The van der Waals surface area contributed by atoms with Gasteiger partial charge in [-0.2, -0.15) is 0 Å². The number of likely N-dealkylation sites (N-methyl/N-ethyl adjacent to an activating group) is 1. The Labute approximate surface area is 187 Å². The molecule has 31 heavy (non-hydrogen) atoms. The minimum Gasteiger partial charge on any atom is -0.332 e. The fraction of sp³-hybridized carbons (Fsp3) is 0.800. The van der Waals surface area contributed by atoms with Crippen molar-refractivity contribution < 1.29 is 4.79 Å². The van der Waals surface area contributed by atoms with Gasteiger partial charge < -0.3 is 14.7 Å². The first-order valence-electron chi connectivity index (χ1n) is 12.5. The van der Waals surface area contributed by atoms with Crippen molar-refractivity contribution in [2.45, 2.75) is 70.4 Å². The van der Waals surface area contributed by atoms with Crippen LogP contribution in [0.25, 0.3) is 0 Å². The van der Waals surface area contributed by atoms with Crippen molar-refractivity contribution in [2.24, 2.45) is 17.8 Å². The van der Waals surface area contributed by atoms with Gasteiger partial charge in [-0.15, -0.1) is 0 Å². The van der Waals surface area contributed by atoms with Crippen LogP contribution in [0.1, 0.15) is 63.9 Å². The van der Waals surface area contributed by atoms with Gasteiger partial charge in [-0.1, -0.05) is 13.8 Å². The first-order chi connectivity index (χ1) is 15.0. The molecule has 170 valence electrons. The normalized spacial score (nSPS) is 32.5. The van der Waals surface area contributed by atoms with Gasteiger partial charge in [0.15, 0.2) is 0 Å². The number of anilines is 1. The van der Waals surface area contributed by atoms with Crippen molar-refractivity contribution >= 4 is 11.7 Å². The van der Waals surface area contributed by atoms with Crippen LogP contribution in [0.3, 0.4) is 0 Å². The summed E-state index contributed by atoms with van der Waals surface area (Å²) in [7, 11) is 2.23. The number of hydrogen-bond donors (Lipinski definition) is 0. The quantitative estimate of drug-likeness (QED) is 0.698. The summed E-state index contributed by atoms with van der Waals surface area (Å²) in [6.07, 6.45) is 11.4. The SMILES string of the molecule is CC(C)C(=O)[C@H]1C[C@@H](CN2CCC(c3cnc(N4C5CCC4CN(C)C5)nc3)CC2)C1. The number of carbonyl (C=O) groups is 1. The van der Waals surface area contributed by atoms with E-state index in [9.17, 15) is 4.79 Å². The molecular formula is C25H39N5O. The molecule has 1 aromatic rings. The van der Waals surface area contributed by atoms with Crippen molar-refractivity contribution in [1.29, 1.82) is 0 Å². The number of hydrogen-bond acceptors (Lipinski definition) is 6. The molecule has 3 aliphatic heterocycles. The van der Waals surface area contributed by atoms with Gasteiger partial charge in [0.25, 0.3) is 0 Å². The third-order valence-corrected chi connectivity index (χ3v) is 8.34. The maximum absolute atomic E-state index is 12.1. The third kappa shape index (κ3) is 4.38. The fourth-order valence-corrected chi connectivity index (χ4v) is 6.52. The summed E-state index contributed by atoms with van der Waals surface area (Å²) < 4.78 is 0. The molecule has 0 radical (unpaired) electrons. The van der Waals surface area contributed by atoms with E-state index in [4.69, 9.17) is 9.97 Å². The van der Waals surface area contributed by atoms with Gasteiger partial charge in [-0.05, 0) is 76.1 Å². The first kappa shape index (κ1) is 21.3. The Morgan fingerprint density at radius 2 is 1.65 bits per heavy atom. The van der Waals surface area contributed by atoms with Gasteiger partial charge in [0.1, 0.15) is 5.78 Å². The van der Waals surface area contributed by atoms with Crippen LogP contribution in [0.15, 0.2) is 12.4 Å². The van der Waals surface area contributed by atoms with E-state index in [-0.39, 0.29) is 5.92 Å². The molecule has 5 rings (SSSR count). The Morgan fingerprint density at radius 1 is 1.03 bits per heavy atom. The molecule has 3 saturated heterocycles. The lowest BCUT2D eigenvalue weighted by Crippen LogP contribution is -2.53. The molecule has 4 aliphatic rings. The average Bonchev–Trinajstić information content (AvgIpc) is 3.01. The lowest BCUT2D eigenvalue weighted by atomic mass is 9.70. The number of piperidine rings is 1. The van der Waals surface area contributed by atoms with Gasteiger partial charge in [0, 0.05) is 55.9 Å². The van der Waals surface area contributed by atoms with Crippen molar-refractivity contribution in [1.82, 2.24) is 19.8 Å². The molecule has 1 aromatic heterocycles. The van der Waals surface area contributed by atoms with Crippen LogP contribution in [0, 0.1) is 17.8 Å². The summed E-state index contributed by atoms with van der Waals surface area (Å²) in [4.78, 5) is 29.3. The standard InChI is InChI=1S/C25H39N5O/c1-17(2)24(31)20-10-18(11-20)14-29-8-6-19(7-9-29)21-12-26-25(27-13-21)30-22-4-5-23(30)16-28(3)15-22/h12-13,17-20,22-23H,4-11,14-16H2,1-3H3/t18-,20+,22?,23?. The van der Waals surface area contributed by atoms with Crippen LogP contribution in [0.5, 0.6) is 0 Å². The summed E-state index contributed by atoms with van der Waals surface area (Å²) in [5.74, 6) is 3.27. The smallest absolute Gasteiger partial charge is 0.225 e. The van der Waals surface area contributed by atoms with Crippen LogP contribution in [-0.4, -0.2) is 77.4 Å². The maximum Gasteiger partial charge on any atom is 0.225 e. The van der Waals surface area contributed by atoms with Crippen LogP contribution in [-0.2, 0) is 4.79 Å². The van der Waals surface area contributed by atoms with Crippen LogP contribution in [0.2, 0.25) is 0 Å². The molecule has 0 aromatic carbocycles. The summed E-state index contributed by atoms with van der Waals surface area (Å²) in [6, 6.07) is 1.17. The van der Waals surface area contributed by atoms with Gasteiger partial charge in [0.2, 0.25) is 5.95 Å². The zero-order valence-electron chi connectivity index (χ0n) is 19.5. The molecular weight excluding hydrogens is 386 g/mol. The Bertz CT molecular complexity index is 753. The van der Waals surface area contributed by atoms with Crippen molar-refractivity contribution in [3.63, 3.8) is 0 Å². The highest BCUT2D eigenvalue weighted by Gasteiger charge is 2.40. The summed E-state index contributed by atoms with van der Waals surface area (Å²) >= 11 is 0. The molecule has 6 nitrogen and oxygen atoms in total. The minimum atomic E-state index is 0.196. The number of piperazine rings is 1. The number of Topliss-reactive ketones (excluding diaryl/α,β-unsaturated/α-hetero) is 1. The average molecular weight is 426 g/mol. The lowest BCUT2D eigenvalue weighted by molar-refractivity contribution is -0.130. The van der Waals surface area contributed by atoms with E-state index in [1.54, 1.807) is 0 Å². The predicted octanol–water partition coefficient (Wildman–Crippen LogP) is 3.19. The second-order valence-electron chi connectivity index (χ2n) is 11.0. The number of aromatic nitrogens is 2. The number of carbonyl (C=O) groups excluding carboxylic acids is 1. The van der Waals surface area contributed by atoms with E-state index >= 15 is 0 Å². The van der Waals surface area contributed by atoms with Crippen LogP contribution < -0.4 is 4.90 Å². The van der Waals surface area contributed by atoms with E-state index in [0.717, 1.165) is 50.9 Å². The number of ketones is 1. The number of fused-ring (bicyclic) bond motifs is 2. The number of nitrogens with zero attached hydrogens (tertiary/aromatic N) is 5. The largest absolute Gasteiger partial charge is 0.332 e. The van der Waals surface area contributed by atoms with Crippen molar-refractivity contribution in [2.75, 3.05) is 44.7 Å². The molecule has 0 amide bonds. The first-order valence-corrected chi connectivity index (χ1v) is 12.5. The molecule has 0 spiro atoms. The molecule has 2 bridgehead atoms. The second kappa shape index (κ2) is 8.78. The Morgan fingerprint density at radius 3 is 2.23 bits per heavy atom. The zero-order valence-corrected chi connectivity index (χ0v) is 19.5. The van der Waals surface area contributed by atoms with E-state index in [1.165, 1.54) is 37.8 Å². The van der Waals surface area contributed by atoms with Crippen molar-refractivity contribution in [3.8, 4) is 0 Å². The molecule has 2 unspecified atom stereocenters. The van der Waals surface area contributed by atoms with E-state index < -0.39 is 0 Å². The van der Waals surface area contributed by atoms with Crippen LogP contribution >= 0.6 is 0 Å². The fourth-order valence-electron chi connectivity index (χ4n) is 6.52. The molecule has 4 fully saturated rings. The van der Waals surface area contributed by atoms with E-state index in [1.807, 2.05) is 13.8 Å². The van der Waals surface area contributed by atoms with Crippen LogP contribution in [0.4, 0.5) is 5.95 Å². The Hall–Kier alpha value is -1.53. The topological polar surface area (TPSA) is 52.6 Å². The van der Waals surface area contributed by atoms with Gasteiger partial charge in [-0.3, -0.25) is 4.79 Å².